The molecule has 2 atom stereocenters. The lowest BCUT2D eigenvalue weighted by atomic mass is 9.69. The molecule has 2 aliphatic rings. The number of amides is 1. The van der Waals surface area contributed by atoms with Crippen LogP contribution in [0.15, 0.2) is 47.2 Å². The van der Waals surface area contributed by atoms with Gasteiger partial charge in [0, 0.05) is 32.0 Å². The summed E-state index contributed by atoms with van der Waals surface area (Å²) in [6.45, 7) is 5.69. The van der Waals surface area contributed by atoms with E-state index in [0.717, 1.165) is 39.0 Å². The Kier molecular flexibility index (Phi) is 4.19. The Hall–Kier alpha value is -1.65. The summed E-state index contributed by atoms with van der Waals surface area (Å²) in [5.74, 6) is 0.218. The summed E-state index contributed by atoms with van der Waals surface area (Å²) in [5.41, 5.74) is 2.94. The maximum Gasteiger partial charge on any atom is 0.219 e. The van der Waals surface area contributed by atoms with Crippen LogP contribution < -0.4 is 0 Å². The molecule has 0 bridgehead atoms. The fourth-order valence-corrected chi connectivity index (χ4v) is 5.27. The van der Waals surface area contributed by atoms with Crippen molar-refractivity contribution >= 4 is 17.2 Å². The molecule has 1 aromatic carbocycles. The summed E-state index contributed by atoms with van der Waals surface area (Å²) in [7, 11) is 0. The van der Waals surface area contributed by atoms with Crippen molar-refractivity contribution in [2.45, 2.75) is 37.8 Å². The first-order valence-corrected chi connectivity index (χ1v) is 9.69. The normalized spacial score (nSPS) is 27.2. The summed E-state index contributed by atoms with van der Waals surface area (Å²) in [6, 6.07) is 13.4. The first-order valence-electron chi connectivity index (χ1n) is 8.75. The number of rotatable bonds is 3. The highest BCUT2D eigenvalue weighted by Gasteiger charge is 2.51. The third-order valence-electron chi connectivity index (χ3n) is 5.86. The molecule has 0 spiro atoms. The highest BCUT2D eigenvalue weighted by atomic mass is 32.1. The van der Waals surface area contributed by atoms with Gasteiger partial charge in [0.15, 0.2) is 0 Å². The Bertz CT molecular complexity index is 700. The molecule has 0 radical (unpaired) electrons. The molecule has 4 rings (SSSR count). The van der Waals surface area contributed by atoms with Gasteiger partial charge in [-0.2, -0.15) is 11.3 Å². The van der Waals surface area contributed by atoms with Gasteiger partial charge in [0.25, 0.3) is 0 Å². The smallest absolute Gasteiger partial charge is 0.219 e. The molecule has 0 unspecified atom stereocenters. The second-order valence-corrected chi connectivity index (χ2v) is 7.90. The van der Waals surface area contributed by atoms with Crippen molar-refractivity contribution in [3.8, 4) is 0 Å². The highest BCUT2D eigenvalue weighted by molar-refractivity contribution is 7.07. The van der Waals surface area contributed by atoms with Gasteiger partial charge in [-0.1, -0.05) is 30.3 Å². The van der Waals surface area contributed by atoms with Crippen molar-refractivity contribution < 1.29 is 4.79 Å². The summed E-state index contributed by atoms with van der Waals surface area (Å²) in [4.78, 5) is 16.8. The van der Waals surface area contributed by atoms with Crippen LogP contribution in [-0.4, -0.2) is 41.4 Å². The fraction of sp³-hybridized carbons (Fsp3) is 0.450. The number of carbonyl (C=O) groups excluding carboxylic acids is 1. The van der Waals surface area contributed by atoms with E-state index in [1.54, 1.807) is 18.3 Å². The maximum atomic E-state index is 12.2. The van der Waals surface area contributed by atoms with Crippen molar-refractivity contribution in [2.75, 3.05) is 19.6 Å². The molecule has 24 heavy (non-hydrogen) atoms. The Morgan fingerprint density at radius 2 is 2.00 bits per heavy atom. The predicted molar refractivity (Wildman–Crippen MR) is 98.1 cm³/mol. The van der Waals surface area contributed by atoms with Crippen molar-refractivity contribution in [3.63, 3.8) is 0 Å². The summed E-state index contributed by atoms with van der Waals surface area (Å²) >= 11 is 1.76. The van der Waals surface area contributed by atoms with Crippen LogP contribution >= 0.6 is 11.3 Å². The molecule has 2 saturated heterocycles. The molecule has 2 aliphatic heterocycles. The standard InChI is InChI=1S/C20H24N2OS/c1-16(23)22-11-9-20(18-5-3-2-4-6-18)8-10-21(14-19(20)22)13-17-7-12-24-15-17/h2-7,12,15,19H,8-11,13-14H2,1H3/t19-,20+/m1/s1. The number of hydrogen-bond acceptors (Lipinski definition) is 3. The lowest BCUT2D eigenvalue weighted by Crippen LogP contribution is -2.56. The number of carbonyl (C=O) groups is 1. The van der Waals surface area contributed by atoms with E-state index in [9.17, 15) is 4.79 Å². The molecular formula is C20H24N2OS. The maximum absolute atomic E-state index is 12.2. The van der Waals surface area contributed by atoms with Crippen LogP contribution in [-0.2, 0) is 16.8 Å². The molecule has 0 saturated carbocycles. The van der Waals surface area contributed by atoms with Crippen molar-refractivity contribution in [1.82, 2.24) is 9.80 Å². The van der Waals surface area contributed by atoms with Crippen molar-refractivity contribution in [3.05, 3.63) is 58.3 Å². The number of likely N-dealkylation sites (tertiary alicyclic amines) is 2. The monoisotopic (exact) mass is 340 g/mol. The van der Waals surface area contributed by atoms with Gasteiger partial charge < -0.3 is 4.90 Å². The van der Waals surface area contributed by atoms with Crippen LogP contribution in [0.25, 0.3) is 0 Å². The summed E-state index contributed by atoms with van der Waals surface area (Å²) in [6.07, 6.45) is 2.23. The van der Waals surface area contributed by atoms with Crippen LogP contribution in [0.1, 0.15) is 30.9 Å². The van der Waals surface area contributed by atoms with E-state index in [2.05, 4.69) is 57.0 Å². The van der Waals surface area contributed by atoms with Crippen molar-refractivity contribution in [1.29, 1.82) is 0 Å². The topological polar surface area (TPSA) is 23.6 Å². The zero-order chi connectivity index (χ0) is 16.6. The molecule has 1 aromatic heterocycles. The predicted octanol–water partition coefficient (Wildman–Crippen LogP) is 3.51. The Morgan fingerprint density at radius 1 is 1.21 bits per heavy atom. The number of thiophene rings is 1. The lowest BCUT2D eigenvalue weighted by Gasteiger charge is -2.46. The van der Waals surface area contributed by atoms with E-state index in [1.807, 2.05) is 0 Å². The van der Waals surface area contributed by atoms with E-state index >= 15 is 0 Å². The molecule has 2 aromatic rings. The van der Waals surface area contributed by atoms with E-state index in [0.29, 0.717) is 6.04 Å². The number of piperidine rings is 1. The first kappa shape index (κ1) is 15.9. The van der Waals surface area contributed by atoms with Crippen molar-refractivity contribution in [2.24, 2.45) is 0 Å². The highest BCUT2D eigenvalue weighted by Crippen LogP contribution is 2.46. The SMILES string of the molecule is CC(=O)N1CC[C@]2(c3ccccc3)CCN(Cc3ccsc3)C[C@@H]12. The van der Waals surface area contributed by atoms with E-state index < -0.39 is 0 Å². The Morgan fingerprint density at radius 3 is 2.71 bits per heavy atom. The average molecular weight is 340 g/mol. The fourth-order valence-electron chi connectivity index (χ4n) is 4.61. The summed E-state index contributed by atoms with van der Waals surface area (Å²) in [5, 5.41) is 4.38. The molecular weight excluding hydrogens is 316 g/mol. The second-order valence-electron chi connectivity index (χ2n) is 7.12. The number of nitrogens with zero attached hydrogens (tertiary/aromatic N) is 2. The minimum atomic E-state index is 0.137. The van der Waals surface area contributed by atoms with Crippen LogP contribution in [0.4, 0.5) is 0 Å². The quantitative estimate of drug-likeness (QED) is 0.854. The Labute approximate surface area is 147 Å². The van der Waals surface area contributed by atoms with Crippen LogP contribution in [0.3, 0.4) is 0 Å². The molecule has 3 heterocycles. The first-order chi connectivity index (χ1) is 11.7. The minimum absolute atomic E-state index is 0.137. The molecule has 0 aliphatic carbocycles. The van der Waals surface area contributed by atoms with Crippen LogP contribution in [0, 0.1) is 0 Å². The van der Waals surface area contributed by atoms with Crippen LogP contribution in [0.2, 0.25) is 0 Å². The van der Waals surface area contributed by atoms with Gasteiger partial charge in [0.05, 0.1) is 6.04 Å². The Balaban J connectivity index is 1.62. The van der Waals surface area contributed by atoms with Crippen LogP contribution in [0.5, 0.6) is 0 Å². The summed E-state index contributed by atoms with van der Waals surface area (Å²) < 4.78 is 0. The molecule has 4 heteroatoms. The third-order valence-corrected chi connectivity index (χ3v) is 6.59. The molecule has 3 nitrogen and oxygen atoms in total. The van der Waals surface area contributed by atoms with Gasteiger partial charge in [-0.25, -0.2) is 0 Å². The van der Waals surface area contributed by atoms with Gasteiger partial charge in [0.2, 0.25) is 5.91 Å². The van der Waals surface area contributed by atoms with E-state index in [1.165, 1.54) is 11.1 Å². The van der Waals surface area contributed by atoms with Gasteiger partial charge in [-0.15, -0.1) is 0 Å². The molecule has 1 amide bonds. The second kappa shape index (κ2) is 6.34. The zero-order valence-corrected chi connectivity index (χ0v) is 15.0. The van der Waals surface area contributed by atoms with Gasteiger partial charge in [-0.05, 0) is 47.3 Å². The van der Waals surface area contributed by atoms with Gasteiger partial charge in [-0.3, -0.25) is 9.69 Å². The number of fused-ring (bicyclic) bond motifs is 1. The molecule has 2 fully saturated rings. The molecule has 126 valence electrons. The van der Waals surface area contributed by atoms with Gasteiger partial charge in [0.1, 0.15) is 0 Å². The van der Waals surface area contributed by atoms with E-state index in [-0.39, 0.29) is 11.3 Å². The number of hydrogen-bond donors (Lipinski definition) is 0. The molecule has 0 N–H and O–H groups in total. The third kappa shape index (κ3) is 2.68. The minimum Gasteiger partial charge on any atom is -0.338 e. The van der Waals surface area contributed by atoms with E-state index in [4.69, 9.17) is 0 Å². The average Bonchev–Trinajstić information content (AvgIpc) is 3.23. The number of benzene rings is 1. The lowest BCUT2D eigenvalue weighted by molar-refractivity contribution is -0.131. The zero-order valence-electron chi connectivity index (χ0n) is 14.1. The largest absolute Gasteiger partial charge is 0.338 e. The van der Waals surface area contributed by atoms with Gasteiger partial charge >= 0.3 is 0 Å².